The number of nitrogens with one attached hydrogen (secondary N) is 1. The van der Waals surface area contributed by atoms with Crippen molar-refractivity contribution in [3.63, 3.8) is 0 Å². The van der Waals surface area contributed by atoms with E-state index in [9.17, 15) is 0 Å². The molecule has 5 heterocycles. The third kappa shape index (κ3) is 5.07. The van der Waals surface area contributed by atoms with Gasteiger partial charge in [-0.3, -0.25) is 0 Å². The van der Waals surface area contributed by atoms with Gasteiger partial charge in [0.1, 0.15) is 12.0 Å². The van der Waals surface area contributed by atoms with Crippen LogP contribution in [-0.4, -0.2) is 20.8 Å². The zero-order valence-corrected chi connectivity index (χ0v) is 35.1. The Morgan fingerprint density at radius 2 is 1.06 bits per heavy atom. The van der Waals surface area contributed by atoms with Crippen molar-refractivity contribution in [2.24, 2.45) is 9.98 Å². The van der Waals surface area contributed by atoms with Crippen LogP contribution < -0.4 is 5.32 Å². The molecule has 1 aliphatic rings. The molecule has 7 heteroatoms. The van der Waals surface area contributed by atoms with Crippen LogP contribution in [0.5, 0.6) is 0 Å². The summed E-state index contributed by atoms with van der Waals surface area (Å²) in [7, 11) is 0. The lowest BCUT2D eigenvalue weighted by Gasteiger charge is -2.24. The molecule has 0 fully saturated rings. The van der Waals surface area contributed by atoms with Gasteiger partial charge in [0.25, 0.3) is 0 Å². The number of fused-ring (bicyclic) bond motifs is 13. The van der Waals surface area contributed by atoms with Gasteiger partial charge in [0, 0.05) is 58.9 Å². The van der Waals surface area contributed by atoms with Crippen molar-refractivity contribution in [3.05, 3.63) is 217 Å². The van der Waals surface area contributed by atoms with Crippen LogP contribution in [0.2, 0.25) is 0 Å². The topological polar surface area (TPSA) is 59.8 Å². The van der Waals surface area contributed by atoms with E-state index in [0.29, 0.717) is 5.84 Å². The fraction of sp³-hybridized carbons (Fsp3) is 0.0175. The van der Waals surface area contributed by atoms with Crippen molar-refractivity contribution in [1.82, 2.24) is 14.5 Å². The molecule has 1 atom stereocenters. The van der Waals surface area contributed by atoms with Crippen LogP contribution in [0.3, 0.4) is 0 Å². The number of hydrogen-bond donors (Lipinski definition) is 1. The molecule has 0 spiro atoms. The zero-order valence-electron chi connectivity index (χ0n) is 34.2. The molecule has 1 N–H and O–H groups in total. The molecule has 6 nitrogen and oxygen atoms in total. The highest BCUT2D eigenvalue weighted by atomic mass is 32.1. The molecule has 0 aliphatic carbocycles. The predicted octanol–water partition coefficient (Wildman–Crippen LogP) is 14.6. The Labute approximate surface area is 370 Å². The van der Waals surface area contributed by atoms with Crippen LogP contribution in [-0.2, 0) is 0 Å². The van der Waals surface area contributed by atoms with Crippen molar-refractivity contribution in [3.8, 4) is 11.4 Å². The maximum Gasteiger partial charge on any atom is 0.160 e. The molecule has 14 rings (SSSR count). The maximum atomic E-state index is 7.53. The van der Waals surface area contributed by atoms with Crippen molar-refractivity contribution in [2.45, 2.75) is 6.17 Å². The normalized spacial score (nSPS) is 14.4. The fourth-order valence-electron chi connectivity index (χ4n) is 10.2. The molecule has 1 aliphatic heterocycles. The summed E-state index contributed by atoms with van der Waals surface area (Å²) >= 11 is 1.86. The van der Waals surface area contributed by atoms with Crippen LogP contribution in [0.1, 0.15) is 22.9 Å². The van der Waals surface area contributed by atoms with Crippen molar-refractivity contribution in [1.29, 1.82) is 0 Å². The lowest BCUT2D eigenvalue weighted by Crippen LogP contribution is -2.33. The second kappa shape index (κ2) is 13.6. The van der Waals surface area contributed by atoms with E-state index in [2.05, 4.69) is 190 Å². The first-order valence-electron chi connectivity index (χ1n) is 21.6. The number of thiophene rings is 1. The number of furan rings is 1. The molecule has 300 valence electrons. The van der Waals surface area contributed by atoms with Crippen LogP contribution in [0.15, 0.2) is 215 Å². The third-order valence-electron chi connectivity index (χ3n) is 13.0. The quantitative estimate of drug-likeness (QED) is 0.188. The van der Waals surface area contributed by atoms with Gasteiger partial charge in [0.2, 0.25) is 0 Å². The van der Waals surface area contributed by atoms with E-state index < -0.39 is 0 Å². The SMILES string of the molecule is c1ccc(C2=NC(c3ccc(-n4c5ccccc5c5ccccc54)c4oc5c(-n6c7ccccc7c7ccc8c9ccccc9sc8c76)cccc5c34)=NC(c3ccccc3)N2)cc1. The molecule has 0 amide bonds. The highest BCUT2D eigenvalue weighted by molar-refractivity contribution is 7.26. The zero-order chi connectivity index (χ0) is 41.9. The van der Waals surface area contributed by atoms with Gasteiger partial charge in [-0.15, -0.1) is 11.3 Å². The van der Waals surface area contributed by atoms with Gasteiger partial charge in [-0.05, 0) is 48.0 Å². The minimum absolute atomic E-state index is 0.356. The van der Waals surface area contributed by atoms with E-state index in [-0.39, 0.29) is 6.17 Å². The van der Waals surface area contributed by atoms with Gasteiger partial charge in [-0.25, -0.2) is 9.98 Å². The Morgan fingerprint density at radius 3 is 1.81 bits per heavy atom. The predicted molar refractivity (Wildman–Crippen MR) is 267 cm³/mol. The number of benzene rings is 9. The smallest absolute Gasteiger partial charge is 0.160 e. The second-order valence-electron chi connectivity index (χ2n) is 16.5. The molecule has 0 radical (unpaired) electrons. The van der Waals surface area contributed by atoms with Gasteiger partial charge in [-0.2, -0.15) is 0 Å². The summed E-state index contributed by atoms with van der Waals surface area (Å²) in [6.07, 6.45) is -0.356. The summed E-state index contributed by atoms with van der Waals surface area (Å²) in [6, 6.07) is 71.1. The summed E-state index contributed by atoms with van der Waals surface area (Å²) in [5, 5.41) is 12.9. The highest BCUT2D eigenvalue weighted by Gasteiger charge is 2.28. The molecule has 9 aromatic carbocycles. The van der Waals surface area contributed by atoms with E-state index in [0.717, 1.165) is 72.4 Å². The number of amidine groups is 2. The fourth-order valence-corrected chi connectivity index (χ4v) is 11.4. The first-order chi connectivity index (χ1) is 31.8. The molecule has 64 heavy (non-hydrogen) atoms. The van der Waals surface area contributed by atoms with Crippen molar-refractivity contribution < 1.29 is 4.42 Å². The van der Waals surface area contributed by atoms with Crippen molar-refractivity contribution in [2.75, 3.05) is 0 Å². The number of nitrogens with zero attached hydrogens (tertiary/aromatic N) is 4. The van der Waals surface area contributed by atoms with E-state index >= 15 is 0 Å². The average Bonchev–Trinajstić information content (AvgIpc) is 4.12. The standard InChI is InChI=1S/C57H35N5OS/c1-3-16-34(17-4-1)55-58-56(35-18-5-2-6-19-35)60-57(59-55)43-32-33-48(61-44-25-11-7-20-36(44)37-21-8-12-26-45(37)61)53-50(43)42-24-15-28-47(52(42)63-53)62-46-27-13-9-22-38(46)40-30-31-41-39-23-10-14-29-49(39)64-54(41)51(40)62/h1-33,55H,(H,58,59,60). The van der Waals surface area contributed by atoms with Gasteiger partial charge < -0.3 is 18.9 Å². The number of rotatable bonds is 5. The van der Waals surface area contributed by atoms with Gasteiger partial charge in [0.15, 0.2) is 17.0 Å². The van der Waals surface area contributed by atoms with E-state index in [4.69, 9.17) is 14.4 Å². The summed E-state index contributed by atoms with van der Waals surface area (Å²) in [6.45, 7) is 0. The van der Waals surface area contributed by atoms with E-state index in [1.807, 2.05) is 35.6 Å². The van der Waals surface area contributed by atoms with Crippen LogP contribution in [0.4, 0.5) is 0 Å². The van der Waals surface area contributed by atoms with E-state index in [1.54, 1.807) is 0 Å². The van der Waals surface area contributed by atoms with Crippen LogP contribution in [0.25, 0.3) is 97.1 Å². The Kier molecular flexibility index (Phi) is 7.52. The Balaban J connectivity index is 1.11. The summed E-state index contributed by atoms with van der Waals surface area (Å²) in [5.74, 6) is 1.41. The second-order valence-corrected chi connectivity index (χ2v) is 17.5. The van der Waals surface area contributed by atoms with Crippen molar-refractivity contribution >= 4 is 109 Å². The number of aliphatic imine (C=N–C) groups is 2. The number of para-hydroxylation sites is 4. The summed E-state index contributed by atoms with van der Waals surface area (Å²) < 4.78 is 14.9. The minimum Gasteiger partial charge on any atom is -0.452 e. The monoisotopic (exact) mass is 837 g/mol. The molecule has 1 unspecified atom stereocenters. The van der Waals surface area contributed by atoms with Gasteiger partial charge in [-0.1, -0.05) is 158 Å². The summed E-state index contributed by atoms with van der Waals surface area (Å²) in [4.78, 5) is 10.7. The first kappa shape index (κ1) is 35.3. The molecule has 13 aromatic rings. The molecule has 0 bridgehead atoms. The van der Waals surface area contributed by atoms with Crippen LogP contribution >= 0.6 is 11.3 Å². The first-order valence-corrected chi connectivity index (χ1v) is 22.4. The molecular formula is C57H35N5OS. The molecular weight excluding hydrogens is 803 g/mol. The Hall–Kier alpha value is -8.26. The van der Waals surface area contributed by atoms with Gasteiger partial charge >= 0.3 is 0 Å². The molecule has 0 saturated heterocycles. The van der Waals surface area contributed by atoms with Crippen LogP contribution in [0, 0.1) is 0 Å². The Bertz CT molecular complexity index is 4060. The third-order valence-corrected chi connectivity index (χ3v) is 14.2. The average molecular weight is 838 g/mol. The van der Waals surface area contributed by atoms with Gasteiger partial charge in [0.05, 0.1) is 38.1 Å². The maximum absolute atomic E-state index is 7.53. The number of hydrogen-bond acceptors (Lipinski definition) is 5. The molecule has 0 saturated carbocycles. The highest BCUT2D eigenvalue weighted by Crippen LogP contribution is 2.46. The largest absolute Gasteiger partial charge is 0.452 e. The van der Waals surface area contributed by atoms with E-state index in [1.165, 1.54) is 47.2 Å². The summed E-state index contributed by atoms with van der Waals surface area (Å²) in [5.41, 5.74) is 11.0. The number of aromatic nitrogens is 2. The lowest BCUT2D eigenvalue weighted by atomic mass is 10.0. The lowest BCUT2D eigenvalue weighted by molar-refractivity contribution is 0.663. The minimum atomic E-state index is -0.356. The molecule has 4 aromatic heterocycles. The Morgan fingerprint density at radius 1 is 0.469 bits per heavy atom.